The van der Waals surface area contributed by atoms with Crippen LogP contribution in [0, 0.1) is 11.7 Å². The van der Waals surface area contributed by atoms with Crippen LogP contribution in [0.4, 0.5) is 4.39 Å². The summed E-state index contributed by atoms with van der Waals surface area (Å²) in [6.07, 6.45) is 4.94. The van der Waals surface area contributed by atoms with E-state index in [1.165, 1.54) is 19.2 Å². The lowest BCUT2D eigenvalue weighted by Crippen LogP contribution is -2.56. The molecule has 5 heteroatoms. The van der Waals surface area contributed by atoms with Crippen molar-refractivity contribution < 1.29 is 18.7 Å². The van der Waals surface area contributed by atoms with Gasteiger partial charge in [-0.2, -0.15) is 0 Å². The van der Waals surface area contributed by atoms with Crippen LogP contribution >= 0.6 is 0 Å². The maximum absolute atomic E-state index is 13.0. The molecular weight excluding hydrogens is 297 g/mol. The van der Waals surface area contributed by atoms with Crippen molar-refractivity contribution in [3.05, 3.63) is 35.6 Å². The van der Waals surface area contributed by atoms with Gasteiger partial charge in [-0.3, -0.25) is 4.79 Å². The van der Waals surface area contributed by atoms with Gasteiger partial charge in [0.2, 0.25) is 5.91 Å². The van der Waals surface area contributed by atoms with Gasteiger partial charge in [0.05, 0.1) is 7.11 Å². The van der Waals surface area contributed by atoms with Crippen LogP contribution in [0.2, 0.25) is 0 Å². The molecule has 2 unspecified atom stereocenters. The van der Waals surface area contributed by atoms with E-state index in [0.29, 0.717) is 12.8 Å². The molecule has 4 nitrogen and oxygen atoms in total. The van der Waals surface area contributed by atoms with Gasteiger partial charge in [0.15, 0.2) is 0 Å². The van der Waals surface area contributed by atoms with E-state index in [2.05, 4.69) is 5.32 Å². The van der Waals surface area contributed by atoms with E-state index in [9.17, 15) is 14.0 Å². The van der Waals surface area contributed by atoms with Gasteiger partial charge < -0.3 is 10.1 Å². The summed E-state index contributed by atoms with van der Waals surface area (Å²) in [5, 5.41) is 2.97. The summed E-state index contributed by atoms with van der Waals surface area (Å²) in [4.78, 5) is 24.7. The van der Waals surface area contributed by atoms with Crippen LogP contribution in [-0.2, 0) is 14.3 Å². The van der Waals surface area contributed by atoms with E-state index in [0.717, 1.165) is 31.2 Å². The zero-order valence-corrected chi connectivity index (χ0v) is 13.3. The molecule has 0 bridgehead atoms. The Bertz CT molecular complexity index is 593. The fraction of sp³-hybridized carbons (Fsp3) is 0.556. The van der Waals surface area contributed by atoms with Gasteiger partial charge in [-0.1, -0.05) is 31.4 Å². The average molecular weight is 319 g/mol. The number of hydrogen-bond donors (Lipinski definition) is 1. The zero-order valence-electron chi connectivity index (χ0n) is 13.3. The number of carbonyl (C=O) groups excluding carboxylic acids is 2. The van der Waals surface area contributed by atoms with Gasteiger partial charge in [0.25, 0.3) is 0 Å². The molecule has 0 spiro atoms. The Balaban J connectivity index is 1.66. The molecule has 0 aliphatic heterocycles. The highest BCUT2D eigenvalue weighted by atomic mass is 19.1. The van der Waals surface area contributed by atoms with Crippen molar-refractivity contribution in [1.82, 2.24) is 5.32 Å². The molecule has 1 aromatic carbocycles. The van der Waals surface area contributed by atoms with Crippen molar-refractivity contribution in [2.24, 2.45) is 5.92 Å². The van der Waals surface area contributed by atoms with Crippen LogP contribution in [0.3, 0.4) is 0 Å². The molecule has 0 saturated heterocycles. The summed E-state index contributed by atoms with van der Waals surface area (Å²) < 4.78 is 17.9. The monoisotopic (exact) mass is 319 g/mol. The number of halogens is 1. The van der Waals surface area contributed by atoms with Crippen LogP contribution in [0.1, 0.15) is 50.0 Å². The van der Waals surface area contributed by atoms with Crippen molar-refractivity contribution in [2.45, 2.75) is 50.0 Å². The average Bonchev–Trinajstić information content (AvgIpc) is 3.36. The van der Waals surface area contributed by atoms with Crippen molar-refractivity contribution in [3.8, 4) is 0 Å². The van der Waals surface area contributed by atoms with Gasteiger partial charge in [-0.25, -0.2) is 9.18 Å². The minimum Gasteiger partial charge on any atom is -0.467 e. The minimum atomic E-state index is -0.861. The third kappa shape index (κ3) is 3.23. The van der Waals surface area contributed by atoms with Crippen LogP contribution in [0.25, 0.3) is 0 Å². The normalized spacial score (nSPS) is 25.5. The summed E-state index contributed by atoms with van der Waals surface area (Å²) >= 11 is 0. The fourth-order valence-corrected chi connectivity index (χ4v) is 3.62. The van der Waals surface area contributed by atoms with Crippen molar-refractivity contribution in [2.75, 3.05) is 7.11 Å². The molecule has 1 aromatic rings. The molecule has 2 aliphatic rings. The Kier molecular flexibility index (Phi) is 4.37. The number of nitrogens with one attached hydrogen (secondary N) is 1. The summed E-state index contributed by atoms with van der Waals surface area (Å²) in [7, 11) is 1.36. The molecule has 0 radical (unpaired) electrons. The van der Waals surface area contributed by atoms with Gasteiger partial charge >= 0.3 is 5.97 Å². The van der Waals surface area contributed by atoms with Gasteiger partial charge in [-0.15, -0.1) is 0 Å². The topological polar surface area (TPSA) is 55.4 Å². The molecular formula is C18H22FNO3. The second kappa shape index (κ2) is 6.30. The van der Waals surface area contributed by atoms with E-state index in [4.69, 9.17) is 4.74 Å². The maximum atomic E-state index is 13.0. The number of hydrogen-bond acceptors (Lipinski definition) is 3. The second-order valence-corrected chi connectivity index (χ2v) is 6.62. The third-order valence-corrected chi connectivity index (χ3v) is 5.07. The Labute approximate surface area is 135 Å². The molecule has 2 aliphatic carbocycles. The molecule has 2 atom stereocenters. The summed E-state index contributed by atoms with van der Waals surface area (Å²) in [5.74, 6) is -0.726. The number of ether oxygens (including phenoxy) is 1. The number of amides is 1. The lowest BCUT2D eigenvalue weighted by molar-refractivity contribution is -0.152. The first kappa shape index (κ1) is 16.0. The molecule has 0 aromatic heterocycles. The highest BCUT2D eigenvalue weighted by molar-refractivity contribution is 5.90. The second-order valence-electron chi connectivity index (χ2n) is 6.62. The number of rotatable bonds is 4. The molecule has 1 N–H and O–H groups in total. The van der Waals surface area contributed by atoms with Gasteiger partial charge in [-0.05, 0) is 42.9 Å². The van der Waals surface area contributed by atoms with E-state index in [-0.39, 0.29) is 29.5 Å². The number of benzene rings is 1. The predicted octanol–water partition coefficient (Wildman–Crippen LogP) is 2.92. The molecule has 2 fully saturated rings. The van der Waals surface area contributed by atoms with Crippen molar-refractivity contribution in [3.63, 3.8) is 0 Å². The highest BCUT2D eigenvalue weighted by Crippen LogP contribution is 2.48. The standard InChI is InChI=1S/C18H22FNO3/c1-23-17(22)18(9-3-2-4-10-18)20-16(21)15-11-14(15)12-5-7-13(19)8-6-12/h5-8,14-15H,2-4,9-11H2,1H3,(H,20,21). The summed E-state index contributed by atoms with van der Waals surface area (Å²) in [6, 6.07) is 6.29. The first-order chi connectivity index (χ1) is 11.1. The quantitative estimate of drug-likeness (QED) is 0.868. The van der Waals surface area contributed by atoms with E-state index in [1.807, 2.05) is 0 Å². The number of esters is 1. The van der Waals surface area contributed by atoms with Crippen molar-refractivity contribution >= 4 is 11.9 Å². The smallest absolute Gasteiger partial charge is 0.331 e. The lowest BCUT2D eigenvalue weighted by Gasteiger charge is -2.35. The maximum Gasteiger partial charge on any atom is 0.331 e. The number of carbonyl (C=O) groups is 2. The highest BCUT2D eigenvalue weighted by Gasteiger charge is 2.49. The molecule has 0 heterocycles. The van der Waals surface area contributed by atoms with Gasteiger partial charge in [0.1, 0.15) is 11.4 Å². The van der Waals surface area contributed by atoms with Crippen LogP contribution < -0.4 is 5.32 Å². The van der Waals surface area contributed by atoms with Crippen molar-refractivity contribution in [1.29, 1.82) is 0 Å². The fourth-order valence-electron chi connectivity index (χ4n) is 3.62. The van der Waals surface area contributed by atoms with Crippen LogP contribution in [-0.4, -0.2) is 24.5 Å². The molecule has 124 valence electrons. The molecule has 2 saturated carbocycles. The first-order valence-electron chi connectivity index (χ1n) is 8.22. The van der Waals surface area contributed by atoms with Crippen LogP contribution in [0.15, 0.2) is 24.3 Å². The van der Waals surface area contributed by atoms with Crippen LogP contribution in [0.5, 0.6) is 0 Å². The van der Waals surface area contributed by atoms with E-state index in [1.54, 1.807) is 12.1 Å². The Hall–Kier alpha value is -1.91. The zero-order chi connectivity index (χ0) is 16.4. The largest absolute Gasteiger partial charge is 0.467 e. The van der Waals surface area contributed by atoms with Gasteiger partial charge in [0, 0.05) is 5.92 Å². The number of methoxy groups -OCH3 is 1. The Morgan fingerprint density at radius 2 is 1.83 bits per heavy atom. The Morgan fingerprint density at radius 3 is 2.43 bits per heavy atom. The molecule has 23 heavy (non-hydrogen) atoms. The van der Waals surface area contributed by atoms with E-state index < -0.39 is 5.54 Å². The molecule has 1 amide bonds. The lowest BCUT2D eigenvalue weighted by atomic mass is 9.81. The summed E-state index contributed by atoms with van der Waals surface area (Å²) in [6.45, 7) is 0. The summed E-state index contributed by atoms with van der Waals surface area (Å²) in [5.41, 5.74) is 0.113. The minimum absolute atomic E-state index is 0.0911. The Morgan fingerprint density at radius 1 is 1.17 bits per heavy atom. The van der Waals surface area contributed by atoms with E-state index >= 15 is 0 Å². The molecule has 3 rings (SSSR count). The predicted molar refractivity (Wildman–Crippen MR) is 83.2 cm³/mol. The SMILES string of the molecule is COC(=O)C1(NC(=O)C2CC2c2ccc(F)cc2)CCCCC1. The third-order valence-electron chi connectivity index (χ3n) is 5.07. The first-order valence-corrected chi connectivity index (χ1v) is 8.22.